The quantitative estimate of drug-likeness (QED) is 0.482. The Hall–Kier alpha value is -1.72. The van der Waals surface area contributed by atoms with Crippen molar-refractivity contribution in [3.05, 3.63) is 22.9 Å². The zero-order chi connectivity index (χ0) is 8.69. The van der Waals surface area contributed by atoms with Crippen LogP contribution in [-0.4, -0.2) is 26.3 Å². The molecule has 1 aromatic heterocycles. The van der Waals surface area contributed by atoms with Gasteiger partial charge in [0.15, 0.2) is 0 Å². The van der Waals surface area contributed by atoms with Crippen LogP contribution in [0.5, 0.6) is 0 Å². The van der Waals surface area contributed by atoms with Gasteiger partial charge in [-0.05, 0) is 0 Å². The fourth-order valence-electron chi connectivity index (χ4n) is 0.338. The third-order valence-corrected chi connectivity index (χ3v) is 0.807. The Kier molecular flexibility index (Phi) is 4.30. The van der Waals surface area contributed by atoms with Gasteiger partial charge in [0.25, 0.3) is 12.0 Å². The minimum absolute atomic E-state index is 0.139. The number of hydrogen-bond acceptors (Lipinski definition) is 4. The maximum absolute atomic E-state index is 10.5. The molecule has 0 aromatic carbocycles. The maximum atomic E-state index is 10.5. The van der Waals surface area contributed by atoms with Crippen molar-refractivity contribution in [2.24, 2.45) is 7.05 Å². The minimum atomic E-state index is -0.250. The van der Waals surface area contributed by atoms with Crippen molar-refractivity contribution in [1.82, 2.24) is 14.8 Å². The van der Waals surface area contributed by atoms with Gasteiger partial charge in [-0.25, -0.2) is 0 Å². The molecule has 1 heterocycles. The van der Waals surface area contributed by atoms with Crippen LogP contribution >= 0.6 is 0 Å². The Bertz CT molecular complexity index is 270. The number of carboxylic acid groups (broad SMARTS) is 1. The summed E-state index contributed by atoms with van der Waals surface area (Å²) in [7, 11) is 1.62. The van der Waals surface area contributed by atoms with Crippen LogP contribution in [0.25, 0.3) is 0 Å². The van der Waals surface area contributed by atoms with Crippen molar-refractivity contribution in [3.8, 4) is 0 Å². The normalized spacial score (nSPS) is 7.73. The smallest absolute Gasteiger partial charge is 0.290 e. The zero-order valence-electron chi connectivity index (χ0n) is 5.84. The fourth-order valence-corrected chi connectivity index (χ4v) is 0.338. The van der Waals surface area contributed by atoms with E-state index >= 15 is 0 Å². The van der Waals surface area contributed by atoms with Crippen LogP contribution in [0.4, 0.5) is 0 Å². The van der Waals surface area contributed by atoms with Crippen molar-refractivity contribution >= 4 is 6.47 Å². The molecule has 1 rings (SSSR count). The SMILES string of the molecule is Cn1cnncc1=O.O=CO. The van der Waals surface area contributed by atoms with E-state index in [0.29, 0.717) is 0 Å². The first-order valence-corrected chi connectivity index (χ1v) is 2.63. The summed E-state index contributed by atoms with van der Waals surface area (Å²) in [5, 5.41) is 13.7. The molecular weight excluding hydrogens is 150 g/mol. The molecule has 0 fully saturated rings. The molecule has 1 aromatic rings. The molecule has 1 N–H and O–H groups in total. The summed E-state index contributed by atoms with van der Waals surface area (Å²) in [6.45, 7) is -0.250. The van der Waals surface area contributed by atoms with E-state index in [1.165, 1.54) is 17.1 Å². The highest BCUT2D eigenvalue weighted by molar-refractivity contribution is 5.32. The molecular formula is C5H7N3O3. The summed E-state index contributed by atoms with van der Waals surface area (Å²) in [6.07, 6.45) is 2.53. The Morgan fingerprint density at radius 3 is 2.45 bits per heavy atom. The van der Waals surface area contributed by atoms with Gasteiger partial charge in [0.05, 0.1) is 0 Å². The average molecular weight is 157 g/mol. The van der Waals surface area contributed by atoms with E-state index in [-0.39, 0.29) is 12.0 Å². The highest BCUT2D eigenvalue weighted by Gasteiger charge is 1.82. The van der Waals surface area contributed by atoms with E-state index in [4.69, 9.17) is 9.90 Å². The van der Waals surface area contributed by atoms with Crippen LogP contribution in [0.3, 0.4) is 0 Å². The number of hydrogen-bond donors (Lipinski definition) is 1. The largest absolute Gasteiger partial charge is 0.483 e. The Morgan fingerprint density at radius 1 is 1.64 bits per heavy atom. The molecule has 0 saturated carbocycles. The number of carbonyl (C=O) groups is 1. The zero-order valence-corrected chi connectivity index (χ0v) is 5.84. The summed E-state index contributed by atoms with van der Waals surface area (Å²) >= 11 is 0. The average Bonchev–Trinajstić information content (AvgIpc) is 1.97. The molecule has 0 unspecified atom stereocenters. The number of aryl methyl sites for hydroxylation is 1. The van der Waals surface area contributed by atoms with Crippen molar-refractivity contribution in [2.75, 3.05) is 0 Å². The lowest BCUT2D eigenvalue weighted by atomic mass is 10.8. The highest BCUT2D eigenvalue weighted by atomic mass is 16.3. The van der Waals surface area contributed by atoms with E-state index in [1.807, 2.05) is 0 Å². The molecule has 0 aliphatic heterocycles. The van der Waals surface area contributed by atoms with Crippen molar-refractivity contribution < 1.29 is 9.90 Å². The summed E-state index contributed by atoms with van der Waals surface area (Å²) in [5.74, 6) is 0. The van der Waals surface area contributed by atoms with E-state index in [9.17, 15) is 4.79 Å². The van der Waals surface area contributed by atoms with Crippen LogP contribution in [-0.2, 0) is 11.8 Å². The van der Waals surface area contributed by atoms with Crippen molar-refractivity contribution in [1.29, 1.82) is 0 Å². The summed E-state index contributed by atoms with van der Waals surface area (Å²) in [5.41, 5.74) is -0.139. The molecule has 6 heteroatoms. The Balaban J connectivity index is 0.000000292. The van der Waals surface area contributed by atoms with E-state index < -0.39 is 0 Å². The Labute approximate surface area is 62.1 Å². The summed E-state index contributed by atoms with van der Waals surface area (Å²) < 4.78 is 1.35. The van der Waals surface area contributed by atoms with Gasteiger partial charge in [0.1, 0.15) is 12.5 Å². The monoisotopic (exact) mass is 157 g/mol. The molecule has 0 amide bonds. The molecule has 0 saturated heterocycles. The fraction of sp³-hybridized carbons (Fsp3) is 0.200. The standard InChI is InChI=1S/C4H5N3O.CH2O2/c1-7-3-6-5-2-4(7)8;2-1-3/h2-3H,1H3;1H,(H,2,3). The highest BCUT2D eigenvalue weighted by Crippen LogP contribution is 1.59. The van der Waals surface area contributed by atoms with Crippen LogP contribution in [0.1, 0.15) is 0 Å². The molecule has 0 aliphatic carbocycles. The number of nitrogens with zero attached hydrogens (tertiary/aromatic N) is 3. The lowest BCUT2D eigenvalue weighted by Crippen LogP contribution is -2.15. The van der Waals surface area contributed by atoms with Gasteiger partial charge < -0.3 is 5.11 Å². The van der Waals surface area contributed by atoms with Crippen molar-refractivity contribution in [3.63, 3.8) is 0 Å². The Morgan fingerprint density at radius 2 is 2.18 bits per heavy atom. The molecule has 0 atom stereocenters. The van der Waals surface area contributed by atoms with Crippen LogP contribution in [0, 0.1) is 0 Å². The predicted octanol–water partition coefficient (Wildman–Crippen LogP) is -1.12. The van der Waals surface area contributed by atoms with E-state index in [2.05, 4.69) is 10.2 Å². The summed E-state index contributed by atoms with van der Waals surface area (Å²) in [4.78, 5) is 18.8. The third-order valence-electron chi connectivity index (χ3n) is 0.807. The first-order valence-electron chi connectivity index (χ1n) is 2.63. The topological polar surface area (TPSA) is 85.1 Å². The lowest BCUT2D eigenvalue weighted by Gasteiger charge is -1.87. The number of rotatable bonds is 0. The second-order valence-corrected chi connectivity index (χ2v) is 1.53. The van der Waals surface area contributed by atoms with E-state index in [0.717, 1.165) is 0 Å². The molecule has 0 radical (unpaired) electrons. The number of aromatic nitrogens is 3. The first-order chi connectivity index (χ1) is 5.22. The molecule has 60 valence electrons. The third kappa shape index (κ3) is 3.79. The van der Waals surface area contributed by atoms with Gasteiger partial charge in [-0.2, -0.15) is 5.10 Å². The molecule has 0 aliphatic rings. The van der Waals surface area contributed by atoms with Gasteiger partial charge in [-0.15, -0.1) is 5.10 Å². The molecule has 6 nitrogen and oxygen atoms in total. The summed E-state index contributed by atoms with van der Waals surface area (Å²) in [6, 6.07) is 0. The maximum Gasteiger partial charge on any atom is 0.290 e. The first kappa shape index (κ1) is 9.28. The van der Waals surface area contributed by atoms with Gasteiger partial charge in [-0.1, -0.05) is 0 Å². The van der Waals surface area contributed by atoms with Gasteiger partial charge in [0, 0.05) is 7.05 Å². The molecule has 11 heavy (non-hydrogen) atoms. The van der Waals surface area contributed by atoms with Crippen LogP contribution < -0.4 is 5.56 Å². The van der Waals surface area contributed by atoms with Crippen LogP contribution in [0.2, 0.25) is 0 Å². The minimum Gasteiger partial charge on any atom is -0.483 e. The second kappa shape index (κ2) is 5.10. The van der Waals surface area contributed by atoms with Crippen LogP contribution in [0.15, 0.2) is 17.3 Å². The van der Waals surface area contributed by atoms with Gasteiger partial charge in [0.2, 0.25) is 0 Å². The lowest BCUT2D eigenvalue weighted by molar-refractivity contribution is -0.122. The van der Waals surface area contributed by atoms with E-state index in [1.54, 1.807) is 7.05 Å². The van der Waals surface area contributed by atoms with Gasteiger partial charge >= 0.3 is 0 Å². The second-order valence-electron chi connectivity index (χ2n) is 1.53. The van der Waals surface area contributed by atoms with Crippen molar-refractivity contribution in [2.45, 2.75) is 0 Å². The predicted molar refractivity (Wildman–Crippen MR) is 36.0 cm³/mol. The molecule has 0 spiro atoms. The van der Waals surface area contributed by atoms with Gasteiger partial charge in [-0.3, -0.25) is 14.2 Å². The molecule has 0 bridgehead atoms.